The Bertz CT molecular complexity index is 130. The molecule has 0 N–H and O–H groups in total. The topological polar surface area (TPSA) is 0 Å². The van der Waals surface area contributed by atoms with Crippen LogP contribution in [0.3, 0.4) is 0 Å². The molecule has 0 spiro atoms. The summed E-state index contributed by atoms with van der Waals surface area (Å²) >= 11 is 0. The smallest absolute Gasteiger partial charge is 0.449 e. The van der Waals surface area contributed by atoms with Crippen LogP contribution in [0.1, 0.15) is 26.2 Å². The maximum Gasteiger partial charge on any atom is 1.00 e. The molecule has 0 amide bonds. The summed E-state index contributed by atoms with van der Waals surface area (Å²) in [5, 5.41) is 0. The van der Waals surface area contributed by atoms with Crippen molar-refractivity contribution in [2.45, 2.75) is 32.5 Å². The van der Waals surface area contributed by atoms with Crippen molar-refractivity contribution in [3.05, 3.63) is 0 Å². The second-order valence-corrected chi connectivity index (χ2v) is 3.58. The van der Waals surface area contributed by atoms with E-state index in [9.17, 15) is 12.9 Å². The van der Waals surface area contributed by atoms with E-state index < -0.39 is 18.7 Å². The van der Waals surface area contributed by atoms with Crippen LogP contribution in [0, 0.1) is 5.41 Å². The van der Waals surface area contributed by atoms with Crippen molar-refractivity contribution in [2.24, 2.45) is 5.41 Å². The first-order valence-electron chi connectivity index (χ1n) is 3.62. The summed E-state index contributed by atoms with van der Waals surface area (Å²) in [6.07, 6.45) is 1.96. The van der Waals surface area contributed by atoms with Gasteiger partial charge >= 0.3 is 58.4 Å². The average Bonchev–Trinajstić information content (AvgIpc) is 1.57. The maximum absolute atomic E-state index is 11.8. The maximum atomic E-state index is 11.8. The van der Waals surface area contributed by atoms with E-state index in [1.807, 2.05) is 0 Å². The third-order valence-corrected chi connectivity index (χ3v) is 2.28. The fraction of sp³-hybridized carbons (Fsp3) is 1.00. The fourth-order valence-corrected chi connectivity index (χ4v) is 1.54. The molecular formula is C6H11BF3K. The minimum absolute atomic E-state index is 0. The van der Waals surface area contributed by atoms with Crippen molar-refractivity contribution in [3.63, 3.8) is 0 Å². The molecule has 0 saturated heterocycles. The number of rotatable bonds is 2. The molecule has 1 saturated carbocycles. The van der Waals surface area contributed by atoms with E-state index in [-0.39, 0.29) is 51.4 Å². The molecule has 0 unspecified atom stereocenters. The zero-order chi connectivity index (χ0) is 7.83. The van der Waals surface area contributed by atoms with Crippen LogP contribution in [0.15, 0.2) is 0 Å². The molecule has 0 aliphatic heterocycles. The molecule has 0 aromatic rings. The molecule has 1 aliphatic carbocycles. The Morgan fingerprint density at radius 1 is 1.27 bits per heavy atom. The molecule has 0 aromatic heterocycles. The molecule has 60 valence electrons. The van der Waals surface area contributed by atoms with Crippen molar-refractivity contribution < 1.29 is 64.3 Å². The third-order valence-electron chi connectivity index (χ3n) is 2.28. The molecule has 1 fully saturated rings. The molecule has 0 radical (unpaired) electrons. The van der Waals surface area contributed by atoms with Gasteiger partial charge in [-0.25, -0.2) is 0 Å². The van der Waals surface area contributed by atoms with E-state index in [4.69, 9.17) is 0 Å². The van der Waals surface area contributed by atoms with Crippen LogP contribution in [-0.4, -0.2) is 6.98 Å². The van der Waals surface area contributed by atoms with Crippen molar-refractivity contribution in [2.75, 3.05) is 0 Å². The van der Waals surface area contributed by atoms with Gasteiger partial charge < -0.3 is 12.9 Å². The van der Waals surface area contributed by atoms with E-state index in [1.54, 1.807) is 6.92 Å². The normalized spacial score (nSPS) is 21.8. The van der Waals surface area contributed by atoms with E-state index in [1.165, 1.54) is 0 Å². The van der Waals surface area contributed by atoms with Gasteiger partial charge in [-0.1, -0.05) is 37.9 Å². The summed E-state index contributed by atoms with van der Waals surface area (Å²) in [5.41, 5.74) is -0.391. The van der Waals surface area contributed by atoms with E-state index in [0.29, 0.717) is 0 Å². The Balaban J connectivity index is 0.000001000. The predicted molar refractivity (Wildman–Crippen MR) is 35.8 cm³/mol. The molecule has 1 rings (SSSR count). The zero-order valence-corrected chi connectivity index (χ0v) is 10.2. The summed E-state index contributed by atoms with van der Waals surface area (Å²) in [6.45, 7) is -2.82. The van der Waals surface area contributed by atoms with Gasteiger partial charge in [0.1, 0.15) is 0 Å². The van der Waals surface area contributed by atoms with Gasteiger partial charge in [0.25, 0.3) is 0 Å². The first-order chi connectivity index (χ1) is 4.41. The van der Waals surface area contributed by atoms with Gasteiger partial charge in [-0.05, 0) is 0 Å². The van der Waals surface area contributed by atoms with Gasteiger partial charge in [0, 0.05) is 0 Å². The zero-order valence-electron chi connectivity index (χ0n) is 7.04. The average molecular weight is 190 g/mol. The quantitative estimate of drug-likeness (QED) is 0.539. The standard InChI is InChI=1S/C6H11BF3.K/c1-6(3-2-4-6)5-7(8,9)10;/h2-5H2,1H3;/q-1;+1. The predicted octanol–water partition coefficient (Wildman–Crippen LogP) is 0.0280. The van der Waals surface area contributed by atoms with Crippen LogP contribution in [-0.2, 0) is 0 Å². The molecule has 0 heterocycles. The van der Waals surface area contributed by atoms with Crippen LogP contribution in [0.4, 0.5) is 12.9 Å². The molecular weight excluding hydrogens is 179 g/mol. The Kier molecular flexibility index (Phi) is 4.69. The minimum Gasteiger partial charge on any atom is -0.449 e. The minimum atomic E-state index is -4.55. The van der Waals surface area contributed by atoms with Gasteiger partial charge in [0.05, 0.1) is 0 Å². The monoisotopic (exact) mass is 190 g/mol. The Morgan fingerprint density at radius 2 is 1.73 bits per heavy atom. The van der Waals surface area contributed by atoms with E-state index in [2.05, 4.69) is 0 Å². The van der Waals surface area contributed by atoms with Crippen molar-refractivity contribution in [3.8, 4) is 0 Å². The largest absolute Gasteiger partial charge is 1.00 e. The van der Waals surface area contributed by atoms with Gasteiger partial charge in [0.15, 0.2) is 0 Å². The van der Waals surface area contributed by atoms with Crippen LogP contribution < -0.4 is 51.4 Å². The molecule has 0 aromatic carbocycles. The van der Waals surface area contributed by atoms with Crippen molar-refractivity contribution >= 4 is 6.98 Å². The van der Waals surface area contributed by atoms with E-state index >= 15 is 0 Å². The SMILES string of the molecule is CC1(C[B-](F)(F)F)CCC1.[K+]. The molecule has 11 heavy (non-hydrogen) atoms. The van der Waals surface area contributed by atoms with Crippen LogP contribution in [0.5, 0.6) is 0 Å². The van der Waals surface area contributed by atoms with Crippen LogP contribution in [0.2, 0.25) is 6.32 Å². The summed E-state index contributed by atoms with van der Waals surface area (Å²) in [4.78, 5) is 0. The van der Waals surface area contributed by atoms with Gasteiger partial charge in [-0.3, -0.25) is 0 Å². The Labute approximate surface area is 108 Å². The Hall–Kier alpha value is 1.49. The van der Waals surface area contributed by atoms with Crippen LogP contribution >= 0.6 is 0 Å². The van der Waals surface area contributed by atoms with Crippen molar-refractivity contribution in [1.29, 1.82) is 0 Å². The van der Waals surface area contributed by atoms with Crippen molar-refractivity contribution in [1.82, 2.24) is 0 Å². The van der Waals surface area contributed by atoms with Gasteiger partial charge in [-0.15, -0.1) is 0 Å². The first kappa shape index (κ1) is 12.5. The Morgan fingerprint density at radius 3 is 1.82 bits per heavy atom. The summed E-state index contributed by atoms with van der Waals surface area (Å²) in [6, 6.07) is 0. The molecule has 0 nitrogen and oxygen atoms in total. The summed E-state index contributed by atoms with van der Waals surface area (Å²) in [5.74, 6) is 0. The molecule has 0 atom stereocenters. The van der Waals surface area contributed by atoms with Gasteiger partial charge in [-0.2, -0.15) is 0 Å². The second kappa shape index (κ2) is 4.13. The molecule has 5 heteroatoms. The molecule has 0 bridgehead atoms. The van der Waals surface area contributed by atoms with Gasteiger partial charge in [0.2, 0.25) is 0 Å². The van der Waals surface area contributed by atoms with E-state index in [0.717, 1.165) is 19.3 Å². The second-order valence-electron chi connectivity index (χ2n) is 3.58. The number of halogens is 3. The number of hydrogen-bond acceptors (Lipinski definition) is 0. The summed E-state index contributed by atoms with van der Waals surface area (Å²) < 4.78 is 35.5. The third kappa shape index (κ3) is 4.31. The van der Waals surface area contributed by atoms with Crippen LogP contribution in [0.25, 0.3) is 0 Å². The fourth-order valence-electron chi connectivity index (χ4n) is 1.54. The number of hydrogen-bond donors (Lipinski definition) is 0. The summed E-state index contributed by atoms with van der Waals surface area (Å²) in [7, 11) is 0. The molecule has 1 aliphatic rings. The first-order valence-corrected chi connectivity index (χ1v) is 3.62.